The number of rotatable bonds is 5. The van der Waals surface area contributed by atoms with Crippen LogP contribution in [0.15, 0.2) is 24.3 Å². The van der Waals surface area contributed by atoms with E-state index in [4.69, 9.17) is 0 Å². The number of carbonyl (C=O) groups excluding carboxylic acids is 1. The Morgan fingerprint density at radius 2 is 2.15 bits per heavy atom. The Morgan fingerprint density at radius 1 is 1.35 bits per heavy atom. The van der Waals surface area contributed by atoms with Crippen molar-refractivity contribution in [1.29, 1.82) is 0 Å². The smallest absolute Gasteiger partial charge is 0.224 e. The van der Waals surface area contributed by atoms with E-state index in [1.54, 1.807) is 18.2 Å². The van der Waals surface area contributed by atoms with Crippen molar-refractivity contribution in [2.45, 2.75) is 45.4 Å². The van der Waals surface area contributed by atoms with Crippen molar-refractivity contribution in [1.82, 2.24) is 5.32 Å². The summed E-state index contributed by atoms with van der Waals surface area (Å²) < 4.78 is 0. The number of para-hydroxylation sites is 1. The molecule has 1 amide bonds. The average molecular weight is 275 g/mol. The number of hydrogen-bond acceptors (Lipinski definition) is 2. The van der Waals surface area contributed by atoms with E-state index >= 15 is 0 Å². The van der Waals surface area contributed by atoms with Gasteiger partial charge < -0.3 is 10.4 Å². The van der Waals surface area contributed by atoms with Gasteiger partial charge in [0.15, 0.2) is 0 Å². The summed E-state index contributed by atoms with van der Waals surface area (Å²) >= 11 is 0. The molecule has 0 radical (unpaired) electrons. The lowest BCUT2D eigenvalue weighted by Crippen LogP contribution is -2.28. The van der Waals surface area contributed by atoms with Crippen molar-refractivity contribution < 1.29 is 9.90 Å². The van der Waals surface area contributed by atoms with Gasteiger partial charge in [-0.05, 0) is 30.7 Å². The maximum Gasteiger partial charge on any atom is 0.224 e. The average Bonchev–Trinajstić information content (AvgIpc) is 2.41. The van der Waals surface area contributed by atoms with Gasteiger partial charge in [-0.1, -0.05) is 44.4 Å². The van der Waals surface area contributed by atoms with Gasteiger partial charge in [0.05, 0.1) is 6.42 Å². The van der Waals surface area contributed by atoms with Crippen LogP contribution in [0.5, 0.6) is 5.75 Å². The molecule has 1 aromatic rings. The zero-order valence-corrected chi connectivity index (χ0v) is 12.3. The Morgan fingerprint density at radius 3 is 2.90 bits per heavy atom. The van der Waals surface area contributed by atoms with E-state index in [0.29, 0.717) is 5.56 Å². The maximum absolute atomic E-state index is 11.8. The second kappa shape index (κ2) is 7.32. The predicted octanol–water partition coefficient (Wildman–Crippen LogP) is 3.27. The third-order valence-electron chi connectivity index (χ3n) is 4.26. The van der Waals surface area contributed by atoms with Gasteiger partial charge in [-0.2, -0.15) is 0 Å². The first kappa shape index (κ1) is 14.9. The first-order chi connectivity index (χ1) is 9.65. The van der Waals surface area contributed by atoms with E-state index in [1.165, 1.54) is 25.7 Å². The first-order valence-electron chi connectivity index (χ1n) is 7.68. The zero-order chi connectivity index (χ0) is 14.4. The van der Waals surface area contributed by atoms with Crippen molar-refractivity contribution >= 4 is 5.91 Å². The molecule has 2 N–H and O–H groups in total. The summed E-state index contributed by atoms with van der Waals surface area (Å²) in [6.07, 6.45) is 6.63. The molecule has 2 unspecified atom stereocenters. The van der Waals surface area contributed by atoms with E-state index in [-0.39, 0.29) is 18.1 Å². The van der Waals surface area contributed by atoms with Gasteiger partial charge in [0.1, 0.15) is 5.75 Å². The van der Waals surface area contributed by atoms with Crippen molar-refractivity contribution in [2.24, 2.45) is 11.8 Å². The van der Waals surface area contributed by atoms with Crippen molar-refractivity contribution in [3.05, 3.63) is 29.8 Å². The van der Waals surface area contributed by atoms with Gasteiger partial charge in [-0.25, -0.2) is 0 Å². The molecule has 20 heavy (non-hydrogen) atoms. The van der Waals surface area contributed by atoms with Gasteiger partial charge in [-0.15, -0.1) is 0 Å². The van der Waals surface area contributed by atoms with Crippen LogP contribution in [0.25, 0.3) is 0 Å². The number of benzene rings is 1. The second-order valence-electron chi connectivity index (χ2n) is 6.08. The number of nitrogens with one attached hydrogen (secondary N) is 1. The molecule has 1 saturated carbocycles. The van der Waals surface area contributed by atoms with Gasteiger partial charge in [0, 0.05) is 12.1 Å². The van der Waals surface area contributed by atoms with E-state index in [9.17, 15) is 9.90 Å². The summed E-state index contributed by atoms with van der Waals surface area (Å²) in [7, 11) is 0. The fraction of sp³-hybridized carbons (Fsp3) is 0.588. The van der Waals surface area contributed by atoms with Crippen molar-refractivity contribution in [3.8, 4) is 5.75 Å². The van der Waals surface area contributed by atoms with Gasteiger partial charge in [-0.3, -0.25) is 4.79 Å². The fourth-order valence-electron chi connectivity index (χ4n) is 3.13. The lowest BCUT2D eigenvalue weighted by atomic mass is 9.81. The number of phenolic OH excluding ortho intramolecular Hbond substituents is 1. The van der Waals surface area contributed by atoms with Crippen LogP contribution in [0.2, 0.25) is 0 Å². The van der Waals surface area contributed by atoms with Crippen LogP contribution in [0.3, 0.4) is 0 Å². The first-order valence-corrected chi connectivity index (χ1v) is 7.68. The normalized spacial score (nSPS) is 22.4. The number of carbonyl (C=O) groups is 1. The van der Waals surface area contributed by atoms with Crippen molar-refractivity contribution in [3.63, 3.8) is 0 Å². The van der Waals surface area contributed by atoms with E-state index in [0.717, 1.165) is 24.8 Å². The standard InChI is InChI=1S/C17H25NO2/c1-13-5-4-6-14(11-13)9-10-18-17(20)12-15-7-2-3-8-16(15)19/h2-3,7-8,13-14,19H,4-6,9-12H2,1H3,(H,18,20). The number of aromatic hydroxyl groups is 1. The van der Waals surface area contributed by atoms with Crippen molar-refractivity contribution in [2.75, 3.05) is 6.54 Å². The Kier molecular flexibility index (Phi) is 5.45. The van der Waals surface area contributed by atoms with Crippen LogP contribution in [0.4, 0.5) is 0 Å². The third kappa shape index (κ3) is 4.55. The molecule has 0 aliphatic heterocycles. The highest BCUT2D eigenvalue weighted by Gasteiger charge is 2.18. The highest BCUT2D eigenvalue weighted by atomic mass is 16.3. The number of hydrogen-bond donors (Lipinski definition) is 2. The fourth-order valence-corrected chi connectivity index (χ4v) is 3.13. The molecule has 0 heterocycles. The summed E-state index contributed by atoms with van der Waals surface area (Å²) in [5.74, 6) is 1.80. The highest BCUT2D eigenvalue weighted by Crippen LogP contribution is 2.30. The van der Waals surface area contributed by atoms with E-state index in [1.807, 2.05) is 6.07 Å². The largest absolute Gasteiger partial charge is 0.508 e. The number of phenols is 1. The molecule has 2 atom stereocenters. The SMILES string of the molecule is CC1CCCC(CCNC(=O)Cc2ccccc2O)C1. The lowest BCUT2D eigenvalue weighted by molar-refractivity contribution is -0.120. The summed E-state index contributed by atoms with van der Waals surface area (Å²) in [5, 5.41) is 12.6. The topological polar surface area (TPSA) is 49.3 Å². The molecule has 3 nitrogen and oxygen atoms in total. The molecular weight excluding hydrogens is 250 g/mol. The molecule has 1 aliphatic rings. The van der Waals surface area contributed by atoms with Crippen LogP contribution in [-0.2, 0) is 11.2 Å². The van der Waals surface area contributed by atoms with Crippen LogP contribution < -0.4 is 5.32 Å². The summed E-state index contributed by atoms with van der Waals surface area (Å²) in [4.78, 5) is 11.8. The highest BCUT2D eigenvalue weighted by molar-refractivity contribution is 5.79. The van der Waals surface area contributed by atoms with Gasteiger partial charge in [0.25, 0.3) is 0 Å². The second-order valence-corrected chi connectivity index (χ2v) is 6.08. The Labute approximate surface area is 121 Å². The molecule has 0 aromatic heterocycles. The summed E-state index contributed by atoms with van der Waals surface area (Å²) in [6, 6.07) is 7.01. The van der Waals surface area contributed by atoms with Crippen LogP contribution in [0, 0.1) is 11.8 Å². The minimum atomic E-state index is -0.00430. The maximum atomic E-state index is 11.8. The predicted molar refractivity (Wildman–Crippen MR) is 80.6 cm³/mol. The van der Waals surface area contributed by atoms with Crippen LogP contribution in [0.1, 0.15) is 44.6 Å². The van der Waals surface area contributed by atoms with Crippen LogP contribution >= 0.6 is 0 Å². The molecule has 1 aliphatic carbocycles. The molecule has 1 fully saturated rings. The van der Waals surface area contributed by atoms with Gasteiger partial charge >= 0.3 is 0 Å². The summed E-state index contributed by atoms with van der Waals surface area (Å²) in [6.45, 7) is 3.08. The molecule has 110 valence electrons. The molecule has 0 spiro atoms. The third-order valence-corrected chi connectivity index (χ3v) is 4.26. The zero-order valence-electron chi connectivity index (χ0n) is 12.3. The molecule has 0 bridgehead atoms. The summed E-state index contributed by atoms with van der Waals surface area (Å²) in [5.41, 5.74) is 0.691. The lowest BCUT2D eigenvalue weighted by Gasteiger charge is -2.26. The molecule has 1 aromatic carbocycles. The monoisotopic (exact) mass is 275 g/mol. The molecule has 2 rings (SSSR count). The molecule has 0 saturated heterocycles. The Balaban J connectivity index is 1.69. The number of amides is 1. The van der Waals surface area contributed by atoms with E-state index < -0.39 is 0 Å². The van der Waals surface area contributed by atoms with E-state index in [2.05, 4.69) is 12.2 Å². The quantitative estimate of drug-likeness (QED) is 0.866. The minimum Gasteiger partial charge on any atom is -0.508 e. The molecular formula is C17H25NO2. The van der Waals surface area contributed by atoms with Crippen LogP contribution in [-0.4, -0.2) is 17.6 Å². The van der Waals surface area contributed by atoms with Gasteiger partial charge in [0.2, 0.25) is 5.91 Å². The minimum absolute atomic E-state index is 0.00430. The molecule has 3 heteroatoms. The Bertz CT molecular complexity index is 444. The Hall–Kier alpha value is -1.51.